The molecule has 1 atom stereocenters. The number of aryl methyl sites for hydroxylation is 1. The number of urea groups is 1. The number of imide groups is 1. The maximum Gasteiger partial charge on any atom is 0.346 e. The Bertz CT molecular complexity index is 828. The van der Waals surface area contributed by atoms with Gasteiger partial charge in [0.25, 0.3) is 5.91 Å². The third kappa shape index (κ3) is 3.10. The summed E-state index contributed by atoms with van der Waals surface area (Å²) >= 11 is 0. The second kappa shape index (κ2) is 6.39. The van der Waals surface area contributed by atoms with Crippen LogP contribution in [0.3, 0.4) is 0 Å². The summed E-state index contributed by atoms with van der Waals surface area (Å²) in [7, 11) is 1.57. The lowest BCUT2D eigenvalue weighted by Gasteiger charge is -2.21. The number of nitrogens with one attached hydrogen (secondary N) is 1. The molecule has 128 valence electrons. The van der Waals surface area contributed by atoms with E-state index < -0.39 is 17.5 Å². The molecule has 3 amide bonds. The molecule has 3 rings (SSSR count). The fourth-order valence-corrected chi connectivity index (χ4v) is 2.63. The molecule has 1 aliphatic heterocycles. The Morgan fingerprint density at radius 2 is 1.72 bits per heavy atom. The molecule has 1 aliphatic rings. The van der Waals surface area contributed by atoms with Crippen molar-refractivity contribution in [3.63, 3.8) is 0 Å². The van der Waals surface area contributed by atoms with Crippen LogP contribution in [0.5, 0.6) is 5.75 Å². The minimum atomic E-state index is -1.16. The Hall–Kier alpha value is -3.15. The second-order valence-electron chi connectivity index (χ2n) is 6.06. The number of rotatable bonds is 4. The first-order chi connectivity index (χ1) is 11.9. The van der Waals surface area contributed by atoms with E-state index in [-0.39, 0.29) is 0 Å². The van der Waals surface area contributed by atoms with Crippen molar-refractivity contribution >= 4 is 18.2 Å². The van der Waals surface area contributed by atoms with Crippen molar-refractivity contribution in [3.05, 3.63) is 65.2 Å². The molecule has 6 nitrogen and oxygen atoms in total. The number of hydrogen-bond acceptors (Lipinski definition) is 4. The third-order valence-corrected chi connectivity index (χ3v) is 4.24. The van der Waals surface area contributed by atoms with E-state index in [1.54, 1.807) is 38.3 Å². The number of hydrogen-bond donors (Lipinski definition) is 1. The molecule has 1 saturated heterocycles. The Morgan fingerprint density at radius 1 is 1.08 bits per heavy atom. The molecule has 2 aromatic rings. The van der Waals surface area contributed by atoms with Gasteiger partial charge in [-0.05, 0) is 37.1 Å². The topological polar surface area (TPSA) is 71.0 Å². The molecule has 25 heavy (non-hydrogen) atoms. The highest BCUT2D eigenvalue weighted by molar-refractivity contribution is 6.07. The van der Waals surface area contributed by atoms with Crippen LogP contribution in [0.2, 0.25) is 0 Å². The quantitative estimate of drug-likeness (QED) is 0.689. The van der Waals surface area contributed by atoms with Gasteiger partial charge in [-0.15, -0.1) is 5.01 Å². The zero-order valence-corrected chi connectivity index (χ0v) is 14.3. The smallest absolute Gasteiger partial charge is 0.346 e. The first kappa shape index (κ1) is 16.7. The largest absolute Gasteiger partial charge is 0.497 e. The van der Waals surface area contributed by atoms with E-state index in [9.17, 15) is 9.59 Å². The molecule has 0 bridgehead atoms. The van der Waals surface area contributed by atoms with Gasteiger partial charge in [-0.1, -0.05) is 42.0 Å². The van der Waals surface area contributed by atoms with Crippen molar-refractivity contribution in [1.82, 2.24) is 10.3 Å². The van der Waals surface area contributed by atoms with E-state index in [4.69, 9.17) is 4.74 Å². The lowest BCUT2D eigenvalue weighted by molar-refractivity contribution is -0.131. The van der Waals surface area contributed by atoms with Crippen molar-refractivity contribution in [2.45, 2.75) is 19.4 Å². The summed E-state index contributed by atoms with van der Waals surface area (Å²) < 4.78 is 5.12. The normalized spacial score (nSPS) is 20.2. The molecule has 1 heterocycles. The van der Waals surface area contributed by atoms with Crippen LogP contribution >= 0.6 is 0 Å². The summed E-state index contributed by atoms with van der Waals surface area (Å²) in [5, 5.41) is 7.64. The van der Waals surface area contributed by atoms with E-state index in [1.807, 2.05) is 31.2 Å². The maximum atomic E-state index is 12.8. The summed E-state index contributed by atoms with van der Waals surface area (Å²) in [4.78, 5) is 25.0. The highest BCUT2D eigenvalue weighted by Crippen LogP contribution is 2.30. The molecule has 0 aliphatic carbocycles. The Morgan fingerprint density at radius 3 is 2.32 bits per heavy atom. The van der Waals surface area contributed by atoms with Gasteiger partial charge in [-0.2, -0.15) is 5.10 Å². The van der Waals surface area contributed by atoms with Crippen LogP contribution in [-0.2, 0) is 10.3 Å². The second-order valence-corrected chi connectivity index (χ2v) is 6.06. The first-order valence-electron chi connectivity index (χ1n) is 7.86. The predicted octanol–water partition coefficient (Wildman–Crippen LogP) is 2.80. The van der Waals surface area contributed by atoms with E-state index in [2.05, 4.69) is 10.4 Å². The number of carbonyl (C=O) groups is 2. The molecule has 0 spiro atoms. The summed E-state index contributed by atoms with van der Waals surface area (Å²) in [6, 6.07) is 14.1. The van der Waals surface area contributed by atoms with E-state index >= 15 is 0 Å². The number of amides is 3. The highest BCUT2D eigenvalue weighted by atomic mass is 16.5. The first-order valence-corrected chi connectivity index (χ1v) is 7.86. The molecule has 0 saturated carbocycles. The Kier molecular flexibility index (Phi) is 4.27. The minimum absolute atomic E-state index is 0.425. The molecule has 0 unspecified atom stereocenters. The monoisotopic (exact) mass is 337 g/mol. The van der Waals surface area contributed by atoms with Crippen molar-refractivity contribution in [2.75, 3.05) is 7.11 Å². The van der Waals surface area contributed by atoms with Gasteiger partial charge in [-0.25, -0.2) is 4.79 Å². The summed E-state index contributed by atoms with van der Waals surface area (Å²) in [6.07, 6.45) is 1.50. The van der Waals surface area contributed by atoms with Crippen LogP contribution < -0.4 is 10.1 Å². The highest BCUT2D eigenvalue weighted by Gasteiger charge is 2.49. The number of carbonyl (C=O) groups excluding carboxylic acids is 2. The zero-order valence-electron chi connectivity index (χ0n) is 14.3. The van der Waals surface area contributed by atoms with Gasteiger partial charge in [0.05, 0.1) is 13.3 Å². The summed E-state index contributed by atoms with van der Waals surface area (Å²) in [6.45, 7) is 3.65. The number of methoxy groups -OCH3 is 1. The number of benzene rings is 2. The molecule has 6 heteroatoms. The van der Waals surface area contributed by atoms with Crippen molar-refractivity contribution < 1.29 is 14.3 Å². The average Bonchev–Trinajstić information content (AvgIpc) is 2.84. The summed E-state index contributed by atoms with van der Waals surface area (Å²) in [5.41, 5.74) is 1.44. The van der Waals surface area contributed by atoms with Crippen LogP contribution in [-0.4, -0.2) is 30.3 Å². The van der Waals surface area contributed by atoms with Crippen molar-refractivity contribution in [1.29, 1.82) is 0 Å². The fourth-order valence-electron chi connectivity index (χ4n) is 2.63. The zero-order chi connectivity index (χ0) is 18.0. The van der Waals surface area contributed by atoms with Crippen LogP contribution in [0, 0.1) is 6.92 Å². The molecular formula is C19H19N3O3. The number of ether oxygens (including phenoxy) is 1. The van der Waals surface area contributed by atoms with Crippen LogP contribution in [0.1, 0.15) is 23.6 Å². The molecule has 1 fully saturated rings. The van der Waals surface area contributed by atoms with Crippen LogP contribution in [0.15, 0.2) is 53.6 Å². The minimum Gasteiger partial charge on any atom is -0.497 e. The van der Waals surface area contributed by atoms with Gasteiger partial charge in [0.1, 0.15) is 11.3 Å². The Balaban J connectivity index is 1.84. The van der Waals surface area contributed by atoms with Gasteiger partial charge < -0.3 is 10.1 Å². The fraction of sp³-hybridized carbons (Fsp3) is 0.211. The van der Waals surface area contributed by atoms with Crippen molar-refractivity contribution in [2.24, 2.45) is 5.10 Å². The third-order valence-electron chi connectivity index (χ3n) is 4.24. The van der Waals surface area contributed by atoms with Crippen LogP contribution in [0.25, 0.3) is 0 Å². The molecule has 0 aromatic heterocycles. The maximum absolute atomic E-state index is 12.8. The molecular weight excluding hydrogens is 318 g/mol. The van der Waals surface area contributed by atoms with Crippen molar-refractivity contribution in [3.8, 4) is 5.75 Å². The van der Waals surface area contributed by atoms with Gasteiger partial charge in [0.2, 0.25) is 0 Å². The lowest BCUT2D eigenvalue weighted by Crippen LogP contribution is -2.40. The SMILES string of the molecule is COc1ccc([C@@]2(C)NC(=O)N(/N=C\c3ccc(C)cc3)C2=O)cc1. The van der Waals surface area contributed by atoms with E-state index in [0.29, 0.717) is 11.3 Å². The lowest BCUT2D eigenvalue weighted by atomic mass is 9.92. The Labute approximate surface area is 146 Å². The van der Waals surface area contributed by atoms with E-state index in [1.165, 1.54) is 6.21 Å². The van der Waals surface area contributed by atoms with Gasteiger partial charge in [0, 0.05) is 0 Å². The van der Waals surface area contributed by atoms with Gasteiger partial charge in [0.15, 0.2) is 0 Å². The molecule has 1 N–H and O–H groups in total. The van der Waals surface area contributed by atoms with E-state index in [0.717, 1.165) is 16.1 Å². The molecule has 2 aromatic carbocycles. The predicted molar refractivity (Wildman–Crippen MR) is 94.5 cm³/mol. The number of nitrogens with zero attached hydrogens (tertiary/aromatic N) is 2. The van der Waals surface area contributed by atoms with Gasteiger partial charge in [-0.3, -0.25) is 4.79 Å². The average molecular weight is 337 g/mol. The molecule has 0 radical (unpaired) electrons. The summed E-state index contributed by atoms with van der Waals surface area (Å²) in [5.74, 6) is 0.254. The van der Waals surface area contributed by atoms with Crippen LogP contribution in [0.4, 0.5) is 4.79 Å². The number of hydrazone groups is 1. The van der Waals surface area contributed by atoms with Gasteiger partial charge >= 0.3 is 6.03 Å². The standard InChI is InChI=1S/C19H19N3O3/c1-13-4-6-14(7-5-13)12-20-22-17(23)19(2,21-18(22)24)15-8-10-16(25-3)11-9-15/h4-12H,1-3H3,(H,21,24)/b20-12-/t19-/m1/s1.